The Kier molecular flexibility index (Phi) is 3.57. The van der Waals surface area contributed by atoms with E-state index in [1.54, 1.807) is 25.1 Å². The summed E-state index contributed by atoms with van der Waals surface area (Å²) < 4.78 is 4.80. The number of hydrogen-bond donors (Lipinski definition) is 0. The maximum absolute atomic E-state index is 12.0. The second-order valence-corrected chi connectivity index (χ2v) is 3.81. The first kappa shape index (κ1) is 12.8. The zero-order valence-electron chi connectivity index (χ0n) is 10.2. The molecular weight excluding hydrogens is 246 g/mol. The molecule has 1 amide bonds. The monoisotopic (exact) mass is 257 g/mol. The van der Waals surface area contributed by atoms with Crippen molar-refractivity contribution >= 4 is 23.8 Å². The minimum absolute atomic E-state index is 0.209. The van der Waals surface area contributed by atoms with Crippen LogP contribution in [0.15, 0.2) is 29.4 Å². The highest BCUT2D eigenvalue weighted by molar-refractivity contribution is 6.19. The number of nitriles is 1. The van der Waals surface area contributed by atoms with Gasteiger partial charge in [0.15, 0.2) is 5.92 Å². The molecule has 0 aromatic heterocycles. The predicted molar refractivity (Wildman–Crippen MR) is 67.3 cm³/mol. The molecule has 0 radical (unpaired) electrons. The van der Waals surface area contributed by atoms with Crippen molar-refractivity contribution in [3.05, 3.63) is 29.8 Å². The molecule has 96 valence electrons. The Labute approximate surface area is 109 Å². The fourth-order valence-corrected chi connectivity index (χ4v) is 1.68. The summed E-state index contributed by atoms with van der Waals surface area (Å²) in [5.74, 6) is -2.10. The van der Waals surface area contributed by atoms with Crippen LogP contribution in [-0.4, -0.2) is 24.7 Å². The van der Waals surface area contributed by atoms with E-state index in [4.69, 9.17) is 10.00 Å². The third-order valence-corrected chi connectivity index (χ3v) is 2.57. The fraction of sp³-hybridized carbons (Fsp3) is 0.231. The van der Waals surface area contributed by atoms with E-state index in [9.17, 15) is 9.59 Å². The van der Waals surface area contributed by atoms with Crippen LogP contribution in [0.1, 0.15) is 12.5 Å². The molecular formula is C13H11N3O3. The first-order valence-corrected chi connectivity index (χ1v) is 5.72. The summed E-state index contributed by atoms with van der Waals surface area (Å²) in [6, 6.07) is 8.42. The van der Waals surface area contributed by atoms with Gasteiger partial charge in [0.2, 0.25) is 0 Å². The number of benzene rings is 1. The predicted octanol–water partition coefficient (Wildman–Crippen LogP) is 1.07. The number of carbonyl (C=O) groups excluding carboxylic acids is 2. The molecule has 0 saturated heterocycles. The lowest BCUT2D eigenvalue weighted by Crippen LogP contribution is -2.32. The zero-order valence-corrected chi connectivity index (χ0v) is 10.2. The van der Waals surface area contributed by atoms with Crippen molar-refractivity contribution in [2.24, 2.45) is 11.0 Å². The first-order chi connectivity index (χ1) is 9.17. The van der Waals surface area contributed by atoms with E-state index in [1.165, 1.54) is 12.3 Å². The molecule has 0 fully saturated rings. The first-order valence-electron chi connectivity index (χ1n) is 5.72. The van der Waals surface area contributed by atoms with Gasteiger partial charge in [0.05, 0.1) is 23.9 Å². The van der Waals surface area contributed by atoms with Gasteiger partial charge in [0.25, 0.3) is 5.91 Å². The van der Waals surface area contributed by atoms with Crippen molar-refractivity contribution in [1.82, 2.24) is 0 Å². The summed E-state index contributed by atoms with van der Waals surface area (Å²) in [5.41, 5.74) is 0.868. The molecule has 1 aromatic carbocycles. The van der Waals surface area contributed by atoms with Gasteiger partial charge in [-0.3, -0.25) is 9.59 Å². The van der Waals surface area contributed by atoms with Crippen LogP contribution in [0.2, 0.25) is 0 Å². The van der Waals surface area contributed by atoms with Crippen LogP contribution in [0.4, 0.5) is 5.69 Å². The maximum atomic E-state index is 12.0. The standard InChI is InChI=1S/C13H11N3O3/c1-2-19-13(18)11-8-15-16(12(11)17)10-5-3-4-9(6-10)7-14/h3-6,8,11H,2H2,1H3. The van der Waals surface area contributed by atoms with Gasteiger partial charge in [-0.05, 0) is 25.1 Å². The molecule has 1 unspecified atom stereocenters. The molecule has 1 heterocycles. The molecule has 0 saturated carbocycles. The number of nitrogens with zero attached hydrogens (tertiary/aromatic N) is 3. The van der Waals surface area contributed by atoms with Crippen LogP contribution in [0, 0.1) is 17.2 Å². The quantitative estimate of drug-likeness (QED) is 0.599. The van der Waals surface area contributed by atoms with E-state index >= 15 is 0 Å². The topological polar surface area (TPSA) is 82.8 Å². The number of ether oxygens (including phenoxy) is 1. The highest BCUT2D eigenvalue weighted by atomic mass is 16.5. The number of rotatable bonds is 3. The van der Waals surface area contributed by atoms with Gasteiger partial charge in [-0.1, -0.05) is 6.07 Å². The van der Waals surface area contributed by atoms with E-state index in [2.05, 4.69) is 5.10 Å². The summed E-state index contributed by atoms with van der Waals surface area (Å²) in [5, 5.41) is 13.8. The van der Waals surface area contributed by atoms with Gasteiger partial charge in [-0.2, -0.15) is 15.4 Å². The third-order valence-electron chi connectivity index (χ3n) is 2.57. The van der Waals surface area contributed by atoms with Crippen LogP contribution >= 0.6 is 0 Å². The van der Waals surface area contributed by atoms with E-state index in [0.29, 0.717) is 11.3 Å². The fourth-order valence-electron chi connectivity index (χ4n) is 1.68. The summed E-state index contributed by atoms with van der Waals surface area (Å²) >= 11 is 0. The van der Waals surface area contributed by atoms with E-state index in [-0.39, 0.29) is 6.61 Å². The van der Waals surface area contributed by atoms with Crippen molar-refractivity contribution in [3.63, 3.8) is 0 Å². The minimum atomic E-state index is -1.01. The third kappa shape index (κ3) is 2.45. The molecule has 0 aliphatic carbocycles. The molecule has 0 bridgehead atoms. The number of hydrazone groups is 1. The number of carbonyl (C=O) groups is 2. The highest BCUT2D eigenvalue weighted by Gasteiger charge is 2.36. The molecule has 0 spiro atoms. The summed E-state index contributed by atoms with van der Waals surface area (Å²) in [6.45, 7) is 1.88. The Morgan fingerprint density at radius 2 is 2.37 bits per heavy atom. The lowest BCUT2D eigenvalue weighted by molar-refractivity contribution is -0.147. The summed E-state index contributed by atoms with van der Waals surface area (Å²) in [6.07, 6.45) is 1.25. The molecule has 1 atom stereocenters. The average Bonchev–Trinajstić information content (AvgIpc) is 2.81. The lowest BCUT2D eigenvalue weighted by atomic mass is 10.1. The number of anilines is 1. The average molecular weight is 257 g/mol. The number of amides is 1. The molecule has 1 aliphatic rings. The summed E-state index contributed by atoms with van der Waals surface area (Å²) in [7, 11) is 0. The molecule has 1 aliphatic heterocycles. The van der Waals surface area contributed by atoms with Gasteiger partial charge in [0.1, 0.15) is 0 Å². The van der Waals surface area contributed by atoms with Crippen molar-refractivity contribution in [2.45, 2.75) is 6.92 Å². The smallest absolute Gasteiger partial charge is 0.324 e. The van der Waals surface area contributed by atoms with E-state index in [1.807, 2.05) is 6.07 Å². The molecule has 2 rings (SSSR count). The van der Waals surface area contributed by atoms with Crippen molar-refractivity contribution in [3.8, 4) is 6.07 Å². The Morgan fingerprint density at radius 1 is 1.58 bits per heavy atom. The Hall–Kier alpha value is -2.68. The van der Waals surface area contributed by atoms with Crippen LogP contribution < -0.4 is 5.01 Å². The van der Waals surface area contributed by atoms with Crippen molar-refractivity contribution < 1.29 is 14.3 Å². The van der Waals surface area contributed by atoms with Crippen LogP contribution in [0.3, 0.4) is 0 Å². The number of esters is 1. The maximum Gasteiger partial charge on any atom is 0.324 e. The van der Waals surface area contributed by atoms with Gasteiger partial charge in [0, 0.05) is 6.21 Å². The van der Waals surface area contributed by atoms with E-state index < -0.39 is 17.8 Å². The highest BCUT2D eigenvalue weighted by Crippen LogP contribution is 2.22. The SMILES string of the molecule is CCOC(=O)C1C=NN(c2cccc(C#N)c2)C1=O. The Morgan fingerprint density at radius 3 is 3.05 bits per heavy atom. The molecule has 6 nitrogen and oxygen atoms in total. The van der Waals surface area contributed by atoms with Crippen molar-refractivity contribution in [2.75, 3.05) is 11.6 Å². The molecule has 6 heteroatoms. The second-order valence-electron chi connectivity index (χ2n) is 3.81. The van der Waals surface area contributed by atoms with Crippen LogP contribution in [0.5, 0.6) is 0 Å². The largest absolute Gasteiger partial charge is 0.465 e. The van der Waals surface area contributed by atoms with Crippen LogP contribution in [-0.2, 0) is 14.3 Å². The van der Waals surface area contributed by atoms with Gasteiger partial charge in [-0.25, -0.2) is 0 Å². The minimum Gasteiger partial charge on any atom is -0.465 e. The van der Waals surface area contributed by atoms with Crippen LogP contribution in [0.25, 0.3) is 0 Å². The van der Waals surface area contributed by atoms with E-state index in [0.717, 1.165) is 5.01 Å². The second kappa shape index (κ2) is 5.31. The van der Waals surface area contributed by atoms with Gasteiger partial charge in [-0.15, -0.1) is 0 Å². The Balaban J connectivity index is 2.21. The zero-order chi connectivity index (χ0) is 13.8. The van der Waals surface area contributed by atoms with Gasteiger partial charge >= 0.3 is 5.97 Å². The van der Waals surface area contributed by atoms with Gasteiger partial charge < -0.3 is 4.74 Å². The molecule has 1 aromatic rings. The normalized spacial score (nSPS) is 17.4. The Bertz CT molecular complexity index is 589. The van der Waals surface area contributed by atoms with Crippen molar-refractivity contribution in [1.29, 1.82) is 5.26 Å². The molecule has 0 N–H and O–H groups in total. The molecule has 19 heavy (non-hydrogen) atoms. The number of hydrogen-bond acceptors (Lipinski definition) is 5. The summed E-state index contributed by atoms with van der Waals surface area (Å²) in [4.78, 5) is 23.6. The lowest BCUT2D eigenvalue weighted by Gasteiger charge is -2.13.